The fourth-order valence-electron chi connectivity index (χ4n) is 2.46. The summed E-state index contributed by atoms with van der Waals surface area (Å²) in [6.45, 7) is 3.51. The zero-order valence-electron chi connectivity index (χ0n) is 13.4. The molecule has 3 heterocycles. The smallest absolute Gasteiger partial charge is 0.317 e. The van der Waals surface area contributed by atoms with Crippen molar-refractivity contribution in [2.75, 3.05) is 26.2 Å². The predicted molar refractivity (Wildman–Crippen MR) is 98.7 cm³/mol. The van der Waals surface area contributed by atoms with Gasteiger partial charge in [-0.3, -0.25) is 0 Å². The molecule has 3 rings (SSSR count). The maximum atomic E-state index is 12.5. The zero-order valence-corrected chi connectivity index (χ0v) is 16.6. The Morgan fingerprint density at radius 1 is 1.32 bits per heavy atom. The third-order valence-electron chi connectivity index (χ3n) is 3.76. The van der Waals surface area contributed by atoms with Crippen LogP contribution >= 0.6 is 34.3 Å². The molecular weight excluding hydrogens is 404 g/mol. The standard InChI is InChI=1S/C14H17ClN4O3S3/c1-10-17-11(9-23-10)8-16-14(20)18-4-6-19(7-5-18)25(21,22)13-3-2-12(15)24-13/h2-3,9H,4-8H2,1H3,(H,16,20). The van der Waals surface area contributed by atoms with E-state index in [4.69, 9.17) is 11.6 Å². The predicted octanol–water partition coefficient (Wildman–Crippen LogP) is 2.38. The van der Waals surface area contributed by atoms with Gasteiger partial charge in [-0.05, 0) is 19.1 Å². The number of urea groups is 1. The molecule has 1 fully saturated rings. The Kier molecular flexibility index (Phi) is 5.64. The number of carbonyl (C=O) groups excluding carboxylic acids is 1. The highest BCUT2D eigenvalue weighted by Crippen LogP contribution is 2.28. The Morgan fingerprint density at radius 2 is 2.04 bits per heavy atom. The van der Waals surface area contributed by atoms with Crippen molar-refractivity contribution in [3.05, 3.63) is 32.6 Å². The molecule has 25 heavy (non-hydrogen) atoms. The Bertz CT molecular complexity index is 856. The molecule has 1 aliphatic rings. The molecule has 7 nitrogen and oxygen atoms in total. The molecule has 0 unspecified atom stereocenters. The summed E-state index contributed by atoms with van der Waals surface area (Å²) >= 11 is 8.40. The number of thiazole rings is 1. The minimum atomic E-state index is -3.54. The minimum Gasteiger partial charge on any atom is -0.332 e. The zero-order chi connectivity index (χ0) is 18.0. The summed E-state index contributed by atoms with van der Waals surface area (Å²) in [5.74, 6) is 0. The lowest BCUT2D eigenvalue weighted by Gasteiger charge is -2.33. The molecule has 0 aliphatic carbocycles. The van der Waals surface area contributed by atoms with E-state index < -0.39 is 10.0 Å². The van der Waals surface area contributed by atoms with Gasteiger partial charge in [0, 0.05) is 31.6 Å². The topological polar surface area (TPSA) is 82.6 Å². The first kappa shape index (κ1) is 18.6. The van der Waals surface area contributed by atoms with Crippen molar-refractivity contribution < 1.29 is 13.2 Å². The van der Waals surface area contributed by atoms with E-state index in [2.05, 4.69) is 10.3 Å². The van der Waals surface area contributed by atoms with Crippen LogP contribution in [-0.2, 0) is 16.6 Å². The molecular formula is C14H17ClN4O3S3. The Hall–Kier alpha value is -1.20. The second-order valence-electron chi connectivity index (χ2n) is 5.47. The van der Waals surface area contributed by atoms with Crippen molar-refractivity contribution in [3.63, 3.8) is 0 Å². The van der Waals surface area contributed by atoms with Gasteiger partial charge in [-0.15, -0.1) is 22.7 Å². The van der Waals surface area contributed by atoms with E-state index in [1.54, 1.807) is 11.0 Å². The quantitative estimate of drug-likeness (QED) is 0.823. The number of hydrogen-bond donors (Lipinski definition) is 1. The van der Waals surface area contributed by atoms with E-state index in [9.17, 15) is 13.2 Å². The number of halogens is 1. The van der Waals surface area contributed by atoms with Crippen LogP contribution in [0.2, 0.25) is 4.34 Å². The summed E-state index contributed by atoms with van der Waals surface area (Å²) < 4.78 is 27.1. The molecule has 0 atom stereocenters. The summed E-state index contributed by atoms with van der Waals surface area (Å²) in [7, 11) is -3.54. The van der Waals surface area contributed by atoms with Gasteiger partial charge in [0.25, 0.3) is 10.0 Å². The first-order valence-electron chi connectivity index (χ1n) is 7.55. The van der Waals surface area contributed by atoms with Crippen LogP contribution < -0.4 is 5.32 Å². The lowest BCUT2D eigenvalue weighted by Crippen LogP contribution is -2.52. The first-order chi connectivity index (χ1) is 11.9. The lowest BCUT2D eigenvalue weighted by atomic mass is 10.4. The van der Waals surface area contributed by atoms with Crippen molar-refractivity contribution in [1.82, 2.24) is 19.5 Å². The van der Waals surface area contributed by atoms with Crippen molar-refractivity contribution in [2.24, 2.45) is 0 Å². The highest BCUT2D eigenvalue weighted by molar-refractivity contribution is 7.91. The molecule has 1 aliphatic heterocycles. The third-order valence-corrected chi connectivity index (χ3v) is 8.18. The number of thiophene rings is 1. The summed E-state index contributed by atoms with van der Waals surface area (Å²) in [5, 5.41) is 5.68. The van der Waals surface area contributed by atoms with E-state index in [-0.39, 0.29) is 23.3 Å². The monoisotopic (exact) mass is 420 g/mol. The van der Waals surface area contributed by atoms with E-state index in [0.29, 0.717) is 24.0 Å². The normalized spacial score (nSPS) is 16.2. The van der Waals surface area contributed by atoms with Crippen LogP contribution in [0.4, 0.5) is 4.79 Å². The van der Waals surface area contributed by atoms with Crippen LogP contribution in [0.3, 0.4) is 0 Å². The van der Waals surface area contributed by atoms with E-state index in [0.717, 1.165) is 22.0 Å². The molecule has 2 aromatic rings. The van der Waals surface area contributed by atoms with Gasteiger partial charge in [0.2, 0.25) is 0 Å². The number of carbonyl (C=O) groups is 1. The molecule has 0 spiro atoms. The largest absolute Gasteiger partial charge is 0.332 e. The number of nitrogens with zero attached hydrogens (tertiary/aromatic N) is 3. The highest BCUT2D eigenvalue weighted by atomic mass is 35.5. The molecule has 2 amide bonds. The average molecular weight is 421 g/mol. The second kappa shape index (κ2) is 7.58. The van der Waals surface area contributed by atoms with Gasteiger partial charge in [-0.2, -0.15) is 4.31 Å². The van der Waals surface area contributed by atoms with Gasteiger partial charge in [0.1, 0.15) is 4.21 Å². The first-order valence-corrected chi connectivity index (χ1v) is 11.1. The van der Waals surface area contributed by atoms with Gasteiger partial charge in [-0.1, -0.05) is 11.6 Å². The van der Waals surface area contributed by atoms with Crippen molar-refractivity contribution >= 4 is 50.3 Å². The van der Waals surface area contributed by atoms with Crippen molar-refractivity contribution in [1.29, 1.82) is 0 Å². The minimum absolute atomic E-state index is 0.207. The van der Waals surface area contributed by atoms with Crippen LogP contribution in [0.15, 0.2) is 21.7 Å². The van der Waals surface area contributed by atoms with Gasteiger partial charge in [0.15, 0.2) is 0 Å². The number of nitrogens with one attached hydrogen (secondary N) is 1. The fraction of sp³-hybridized carbons (Fsp3) is 0.429. The van der Waals surface area contributed by atoms with Crippen molar-refractivity contribution in [2.45, 2.75) is 17.7 Å². The van der Waals surface area contributed by atoms with E-state index in [1.165, 1.54) is 21.7 Å². The molecule has 0 aromatic carbocycles. The summed E-state index contributed by atoms with van der Waals surface area (Å²) in [6.07, 6.45) is 0. The van der Waals surface area contributed by atoms with Gasteiger partial charge in [0.05, 0.1) is 21.6 Å². The molecule has 2 aromatic heterocycles. The molecule has 11 heteroatoms. The van der Waals surface area contributed by atoms with Crippen LogP contribution in [0.1, 0.15) is 10.7 Å². The molecule has 136 valence electrons. The number of aryl methyl sites for hydroxylation is 1. The number of aromatic nitrogens is 1. The number of piperazine rings is 1. The Morgan fingerprint density at radius 3 is 2.60 bits per heavy atom. The van der Waals surface area contributed by atoms with Gasteiger partial charge >= 0.3 is 6.03 Å². The molecule has 0 radical (unpaired) electrons. The van der Waals surface area contributed by atoms with Crippen LogP contribution in [-0.4, -0.2) is 54.8 Å². The van der Waals surface area contributed by atoms with Crippen molar-refractivity contribution in [3.8, 4) is 0 Å². The van der Waals surface area contributed by atoms with E-state index in [1.807, 2.05) is 12.3 Å². The Balaban J connectivity index is 1.53. The van der Waals surface area contributed by atoms with Crippen LogP contribution in [0, 0.1) is 6.92 Å². The number of rotatable bonds is 4. The third kappa shape index (κ3) is 4.32. The maximum absolute atomic E-state index is 12.5. The molecule has 1 saturated heterocycles. The SMILES string of the molecule is Cc1nc(CNC(=O)N2CCN(S(=O)(=O)c3ccc(Cl)s3)CC2)cs1. The molecule has 0 bridgehead atoms. The lowest BCUT2D eigenvalue weighted by molar-refractivity contribution is 0.172. The summed E-state index contributed by atoms with van der Waals surface area (Å²) in [6, 6.07) is 2.88. The van der Waals surface area contributed by atoms with Crippen LogP contribution in [0.5, 0.6) is 0 Å². The summed E-state index contributed by atoms with van der Waals surface area (Å²) in [5.41, 5.74) is 0.826. The molecule has 0 saturated carbocycles. The van der Waals surface area contributed by atoms with Crippen LogP contribution in [0.25, 0.3) is 0 Å². The molecule has 1 N–H and O–H groups in total. The fourth-order valence-corrected chi connectivity index (χ4v) is 6.13. The number of amides is 2. The summed E-state index contributed by atoms with van der Waals surface area (Å²) in [4.78, 5) is 18.1. The highest BCUT2D eigenvalue weighted by Gasteiger charge is 2.31. The average Bonchev–Trinajstić information content (AvgIpc) is 3.21. The Labute approximate surface area is 159 Å². The number of hydrogen-bond acceptors (Lipinski definition) is 6. The second-order valence-corrected chi connectivity index (χ2v) is 10.4. The van der Waals surface area contributed by atoms with Gasteiger partial charge in [-0.25, -0.2) is 18.2 Å². The number of sulfonamides is 1. The maximum Gasteiger partial charge on any atom is 0.317 e. The van der Waals surface area contributed by atoms with E-state index >= 15 is 0 Å². The van der Waals surface area contributed by atoms with Gasteiger partial charge < -0.3 is 10.2 Å².